The van der Waals surface area contributed by atoms with Crippen LogP contribution in [0.15, 0.2) is 168 Å². The molecule has 8 aromatic carbocycles. The first-order valence-electron chi connectivity index (χ1n) is 17.8. The van der Waals surface area contributed by atoms with E-state index in [1.165, 1.54) is 26.6 Å². The van der Waals surface area contributed by atoms with Crippen LogP contribution in [0.5, 0.6) is 0 Å². The number of para-hydroxylation sites is 2. The van der Waals surface area contributed by atoms with Crippen LogP contribution in [0.25, 0.3) is 114 Å². The highest BCUT2D eigenvalue weighted by Gasteiger charge is 2.21. The Morgan fingerprint density at radius 2 is 1.21 bits per heavy atom. The molecule has 0 bridgehead atoms. The molecule has 12 rings (SSSR count). The summed E-state index contributed by atoms with van der Waals surface area (Å²) in [7, 11) is 0. The van der Waals surface area contributed by atoms with E-state index in [0.29, 0.717) is 5.95 Å². The van der Waals surface area contributed by atoms with Gasteiger partial charge in [0, 0.05) is 42.6 Å². The molecule has 0 atom stereocenters. The third-order valence-corrected chi connectivity index (χ3v) is 12.0. The fourth-order valence-electron chi connectivity index (χ4n) is 8.34. The third kappa shape index (κ3) is 4.17. The standard InChI is InChI=1S/C48H27N3OS/c1-2-12-32-28(10-1)11-9-16-33(32)29-20-22-30(23-21-29)44-47-45(37-15-5-8-19-43(37)53-47)50-48(49-44)51-40-17-6-3-13-34(40)39-27-38-31(26-41(39)51)24-25-36-35-14-4-7-18-42(35)52-46(36)38/h1-27H. The Labute approximate surface area is 306 Å². The lowest BCUT2D eigenvalue weighted by Gasteiger charge is -2.11. The van der Waals surface area contributed by atoms with Crippen LogP contribution in [-0.4, -0.2) is 14.5 Å². The van der Waals surface area contributed by atoms with Crippen molar-refractivity contribution in [3.63, 3.8) is 0 Å². The summed E-state index contributed by atoms with van der Waals surface area (Å²) in [4.78, 5) is 10.9. The zero-order chi connectivity index (χ0) is 34.6. The average molecular weight is 694 g/mol. The molecule has 0 amide bonds. The van der Waals surface area contributed by atoms with E-state index in [0.717, 1.165) is 81.4 Å². The summed E-state index contributed by atoms with van der Waals surface area (Å²) in [5, 5.41) is 10.4. The van der Waals surface area contributed by atoms with Crippen molar-refractivity contribution in [1.29, 1.82) is 0 Å². The maximum absolute atomic E-state index is 6.49. The number of hydrogen-bond donors (Lipinski definition) is 0. The Morgan fingerprint density at radius 1 is 0.472 bits per heavy atom. The Balaban J connectivity index is 1.11. The van der Waals surface area contributed by atoms with Crippen molar-refractivity contribution in [3.05, 3.63) is 164 Å². The summed E-state index contributed by atoms with van der Waals surface area (Å²) >= 11 is 1.76. The molecule has 0 radical (unpaired) electrons. The zero-order valence-corrected chi connectivity index (χ0v) is 29.1. The van der Waals surface area contributed by atoms with Crippen molar-refractivity contribution in [1.82, 2.24) is 14.5 Å². The molecule has 0 unspecified atom stereocenters. The van der Waals surface area contributed by atoms with Gasteiger partial charge in [-0.15, -0.1) is 11.3 Å². The van der Waals surface area contributed by atoms with E-state index in [9.17, 15) is 0 Å². The van der Waals surface area contributed by atoms with Crippen LogP contribution in [0.3, 0.4) is 0 Å². The van der Waals surface area contributed by atoms with Crippen molar-refractivity contribution in [2.24, 2.45) is 0 Å². The fraction of sp³-hybridized carbons (Fsp3) is 0. The normalized spacial score (nSPS) is 12.2. The molecular weight excluding hydrogens is 667 g/mol. The summed E-state index contributed by atoms with van der Waals surface area (Å²) in [5.74, 6) is 0.657. The molecular formula is C48H27N3OS. The Morgan fingerprint density at radius 3 is 2.11 bits per heavy atom. The van der Waals surface area contributed by atoms with Crippen molar-refractivity contribution in [3.8, 4) is 28.3 Å². The highest BCUT2D eigenvalue weighted by molar-refractivity contribution is 7.26. The first-order valence-corrected chi connectivity index (χ1v) is 18.6. The summed E-state index contributed by atoms with van der Waals surface area (Å²) in [6.07, 6.45) is 0. The lowest BCUT2D eigenvalue weighted by molar-refractivity contribution is 0.672. The van der Waals surface area contributed by atoms with Crippen molar-refractivity contribution in [2.45, 2.75) is 0 Å². The Hall–Kier alpha value is -6.82. The largest absolute Gasteiger partial charge is 0.455 e. The highest BCUT2D eigenvalue weighted by atomic mass is 32.1. The van der Waals surface area contributed by atoms with Gasteiger partial charge in [-0.05, 0) is 63.7 Å². The van der Waals surface area contributed by atoms with Gasteiger partial charge in [0.25, 0.3) is 0 Å². The number of fused-ring (bicyclic) bond motifs is 12. The van der Waals surface area contributed by atoms with Crippen LogP contribution < -0.4 is 0 Å². The minimum Gasteiger partial charge on any atom is -0.455 e. The topological polar surface area (TPSA) is 43.9 Å². The molecule has 53 heavy (non-hydrogen) atoms. The second-order valence-corrected chi connectivity index (χ2v) is 14.8. The first-order chi connectivity index (χ1) is 26.3. The number of rotatable bonds is 3. The van der Waals surface area contributed by atoms with E-state index in [-0.39, 0.29) is 0 Å². The van der Waals surface area contributed by atoms with Gasteiger partial charge in [-0.3, -0.25) is 4.57 Å². The Bertz CT molecular complexity index is 3450. The SMILES string of the molecule is c1ccc2c(-c3ccc(-c4nc(-n5c6ccccc6c6cc7c(ccc8c9ccccc9oc78)cc65)nc5c4sc4ccccc45)cc3)cccc2c1. The monoisotopic (exact) mass is 693 g/mol. The van der Waals surface area contributed by atoms with Gasteiger partial charge in [0.15, 0.2) is 0 Å². The molecule has 5 heteroatoms. The number of thiophene rings is 1. The zero-order valence-electron chi connectivity index (χ0n) is 28.2. The third-order valence-electron chi connectivity index (χ3n) is 10.8. The van der Waals surface area contributed by atoms with Gasteiger partial charge in [0.1, 0.15) is 11.2 Å². The maximum Gasteiger partial charge on any atom is 0.235 e. The first kappa shape index (κ1) is 28.8. The van der Waals surface area contributed by atoms with E-state index in [2.05, 4.69) is 156 Å². The van der Waals surface area contributed by atoms with Crippen LogP contribution in [0, 0.1) is 0 Å². The van der Waals surface area contributed by atoms with E-state index in [1.807, 2.05) is 12.1 Å². The molecule has 0 saturated heterocycles. The van der Waals surface area contributed by atoms with Crippen molar-refractivity contribution >= 4 is 96.9 Å². The predicted octanol–water partition coefficient (Wildman–Crippen LogP) is 13.5. The second-order valence-electron chi connectivity index (χ2n) is 13.7. The molecule has 0 aliphatic carbocycles. The predicted molar refractivity (Wildman–Crippen MR) is 222 cm³/mol. The summed E-state index contributed by atoms with van der Waals surface area (Å²) in [5.41, 5.74) is 9.32. The van der Waals surface area contributed by atoms with Crippen LogP contribution in [-0.2, 0) is 0 Å². The molecule has 246 valence electrons. The number of hydrogen-bond acceptors (Lipinski definition) is 4. The lowest BCUT2D eigenvalue weighted by Crippen LogP contribution is -2.02. The van der Waals surface area contributed by atoms with Gasteiger partial charge in [-0.25, -0.2) is 9.97 Å². The van der Waals surface area contributed by atoms with Crippen molar-refractivity contribution in [2.75, 3.05) is 0 Å². The van der Waals surface area contributed by atoms with Crippen LogP contribution in [0.4, 0.5) is 0 Å². The molecule has 0 saturated carbocycles. The highest BCUT2D eigenvalue weighted by Crippen LogP contribution is 2.42. The molecule has 12 aromatic rings. The number of aromatic nitrogens is 3. The molecule has 4 nitrogen and oxygen atoms in total. The van der Waals surface area contributed by atoms with E-state index in [1.54, 1.807) is 11.3 Å². The number of benzene rings is 8. The van der Waals surface area contributed by atoms with E-state index in [4.69, 9.17) is 14.4 Å². The molecule has 0 aliphatic heterocycles. The molecule has 0 N–H and O–H groups in total. The molecule has 0 spiro atoms. The second kappa shape index (κ2) is 10.8. The maximum atomic E-state index is 6.49. The van der Waals surface area contributed by atoms with Gasteiger partial charge in [-0.1, -0.05) is 127 Å². The number of nitrogens with zero attached hydrogens (tertiary/aromatic N) is 3. The summed E-state index contributed by atoms with van der Waals surface area (Å²) < 4.78 is 11.0. The molecule has 0 fully saturated rings. The Kier molecular flexibility index (Phi) is 5.90. The number of furan rings is 1. The van der Waals surface area contributed by atoms with Gasteiger partial charge in [-0.2, -0.15) is 0 Å². The van der Waals surface area contributed by atoms with Gasteiger partial charge in [0.2, 0.25) is 5.95 Å². The molecule has 4 heterocycles. The average Bonchev–Trinajstić information content (AvgIpc) is 3.89. The summed E-state index contributed by atoms with van der Waals surface area (Å²) in [6.45, 7) is 0. The lowest BCUT2D eigenvalue weighted by atomic mass is 9.97. The van der Waals surface area contributed by atoms with Crippen LogP contribution in [0.1, 0.15) is 0 Å². The quantitative estimate of drug-likeness (QED) is 0.185. The fourth-order valence-corrected chi connectivity index (χ4v) is 9.50. The minimum atomic E-state index is 0.657. The molecule has 0 aliphatic rings. The molecule has 4 aromatic heterocycles. The van der Waals surface area contributed by atoms with Crippen LogP contribution >= 0.6 is 11.3 Å². The minimum absolute atomic E-state index is 0.657. The van der Waals surface area contributed by atoms with E-state index < -0.39 is 0 Å². The van der Waals surface area contributed by atoms with Gasteiger partial charge in [0.05, 0.1) is 26.9 Å². The van der Waals surface area contributed by atoms with Gasteiger partial charge < -0.3 is 4.42 Å². The van der Waals surface area contributed by atoms with E-state index >= 15 is 0 Å². The van der Waals surface area contributed by atoms with Crippen molar-refractivity contribution < 1.29 is 4.42 Å². The van der Waals surface area contributed by atoms with Crippen LogP contribution in [0.2, 0.25) is 0 Å². The smallest absolute Gasteiger partial charge is 0.235 e. The van der Waals surface area contributed by atoms with Gasteiger partial charge >= 0.3 is 0 Å². The summed E-state index contributed by atoms with van der Waals surface area (Å²) in [6, 6.07) is 58.3.